The number of methoxy groups -OCH3 is 1. The first kappa shape index (κ1) is 14.4. The van der Waals surface area contributed by atoms with Crippen molar-refractivity contribution in [2.24, 2.45) is 0 Å². The zero-order valence-electron chi connectivity index (χ0n) is 12.7. The maximum absolute atomic E-state index is 12.2. The van der Waals surface area contributed by atoms with E-state index in [4.69, 9.17) is 9.47 Å². The smallest absolute Gasteiger partial charge is 0.420 e. The van der Waals surface area contributed by atoms with E-state index in [1.165, 1.54) is 29.6 Å². The molecule has 0 spiro atoms. The van der Waals surface area contributed by atoms with Crippen LogP contribution < -0.4 is 14.4 Å². The van der Waals surface area contributed by atoms with Gasteiger partial charge in [-0.15, -0.1) is 0 Å². The molecule has 0 bridgehead atoms. The van der Waals surface area contributed by atoms with Crippen LogP contribution in [0.1, 0.15) is 17.5 Å². The molecule has 5 nitrogen and oxygen atoms in total. The molecule has 22 heavy (non-hydrogen) atoms. The van der Waals surface area contributed by atoms with Gasteiger partial charge >= 0.3 is 6.09 Å². The Morgan fingerprint density at radius 3 is 2.82 bits per heavy atom. The standard InChI is InChI=1S/C17H18N2O3/c1-19(15-7-4-8-16(18-15)21-2)17(20)22-14-10-9-12-5-3-6-13(12)11-14/h4,7-11H,3,5-6H2,1-2H3. The second-order valence-electron chi connectivity index (χ2n) is 5.25. The Bertz CT molecular complexity index is 700. The van der Waals surface area contributed by atoms with Gasteiger partial charge in [0.25, 0.3) is 0 Å². The zero-order valence-corrected chi connectivity index (χ0v) is 12.7. The van der Waals surface area contributed by atoms with Crippen molar-refractivity contribution in [3.05, 3.63) is 47.5 Å². The number of carbonyl (C=O) groups excluding carboxylic acids is 1. The first-order valence-electron chi connectivity index (χ1n) is 7.26. The van der Waals surface area contributed by atoms with Crippen LogP contribution >= 0.6 is 0 Å². The van der Waals surface area contributed by atoms with E-state index in [1.54, 1.807) is 25.2 Å². The van der Waals surface area contributed by atoms with Crippen LogP contribution in [0.2, 0.25) is 0 Å². The number of carbonyl (C=O) groups is 1. The number of hydrogen-bond donors (Lipinski definition) is 0. The van der Waals surface area contributed by atoms with Gasteiger partial charge in [0, 0.05) is 13.1 Å². The highest BCUT2D eigenvalue weighted by atomic mass is 16.6. The van der Waals surface area contributed by atoms with Crippen LogP contribution in [0.15, 0.2) is 36.4 Å². The maximum atomic E-state index is 12.2. The topological polar surface area (TPSA) is 51.7 Å². The molecule has 0 saturated carbocycles. The van der Waals surface area contributed by atoms with Crippen molar-refractivity contribution in [1.82, 2.24) is 4.98 Å². The normalized spacial score (nSPS) is 12.6. The van der Waals surface area contributed by atoms with Gasteiger partial charge in [-0.05, 0) is 48.6 Å². The molecule has 2 aromatic rings. The minimum Gasteiger partial charge on any atom is -0.481 e. The molecule has 5 heteroatoms. The Hall–Kier alpha value is -2.56. The van der Waals surface area contributed by atoms with Crippen molar-refractivity contribution in [1.29, 1.82) is 0 Å². The summed E-state index contributed by atoms with van der Waals surface area (Å²) in [7, 11) is 3.16. The van der Waals surface area contributed by atoms with Crippen molar-refractivity contribution in [2.75, 3.05) is 19.1 Å². The Labute approximate surface area is 129 Å². The molecule has 114 valence electrons. The van der Waals surface area contributed by atoms with Gasteiger partial charge < -0.3 is 9.47 Å². The third-order valence-corrected chi connectivity index (χ3v) is 3.81. The third-order valence-electron chi connectivity index (χ3n) is 3.81. The van der Waals surface area contributed by atoms with E-state index in [9.17, 15) is 4.79 Å². The predicted octanol–water partition coefficient (Wildman–Crippen LogP) is 3.21. The fourth-order valence-corrected chi connectivity index (χ4v) is 2.58. The highest BCUT2D eigenvalue weighted by molar-refractivity contribution is 5.87. The summed E-state index contributed by atoms with van der Waals surface area (Å²) in [6, 6.07) is 11.1. The lowest BCUT2D eigenvalue weighted by Gasteiger charge is -2.16. The quantitative estimate of drug-likeness (QED) is 0.873. The summed E-state index contributed by atoms with van der Waals surface area (Å²) in [5, 5.41) is 0. The Balaban J connectivity index is 1.73. The van der Waals surface area contributed by atoms with E-state index in [1.807, 2.05) is 18.2 Å². The van der Waals surface area contributed by atoms with E-state index in [0.717, 1.165) is 12.8 Å². The molecule has 0 radical (unpaired) electrons. The number of aryl methyl sites for hydroxylation is 2. The summed E-state index contributed by atoms with van der Waals surface area (Å²) in [5.41, 5.74) is 2.62. The third kappa shape index (κ3) is 2.88. The summed E-state index contributed by atoms with van der Waals surface area (Å²) >= 11 is 0. The van der Waals surface area contributed by atoms with Gasteiger partial charge in [-0.2, -0.15) is 4.98 Å². The molecule has 0 N–H and O–H groups in total. The number of ether oxygens (including phenoxy) is 2. The fourth-order valence-electron chi connectivity index (χ4n) is 2.58. The van der Waals surface area contributed by atoms with Gasteiger partial charge in [-0.25, -0.2) is 4.79 Å². The van der Waals surface area contributed by atoms with E-state index in [0.29, 0.717) is 17.4 Å². The first-order chi connectivity index (χ1) is 10.7. The molecular formula is C17H18N2O3. The minimum absolute atomic E-state index is 0.453. The number of fused-ring (bicyclic) bond motifs is 1. The number of rotatable bonds is 3. The van der Waals surface area contributed by atoms with Crippen LogP contribution in [0.4, 0.5) is 10.6 Å². The summed E-state index contributed by atoms with van der Waals surface area (Å²) in [4.78, 5) is 17.8. The van der Waals surface area contributed by atoms with Crippen molar-refractivity contribution in [2.45, 2.75) is 19.3 Å². The number of hydrogen-bond acceptors (Lipinski definition) is 4. The van der Waals surface area contributed by atoms with Crippen LogP contribution in [0.5, 0.6) is 11.6 Å². The van der Waals surface area contributed by atoms with Gasteiger partial charge in [0.05, 0.1) is 7.11 Å². The van der Waals surface area contributed by atoms with Gasteiger partial charge in [-0.1, -0.05) is 12.1 Å². The van der Waals surface area contributed by atoms with Crippen LogP contribution in [-0.2, 0) is 12.8 Å². The van der Waals surface area contributed by atoms with Gasteiger partial charge in [0.15, 0.2) is 0 Å². The summed E-state index contributed by atoms with van der Waals surface area (Å²) in [6.45, 7) is 0. The molecule has 0 saturated heterocycles. The lowest BCUT2D eigenvalue weighted by atomic mass is 10.1. The lowest BCUT2D eigenvalue weighted by Crippen LogP contribution is -2.30. The summed E-state index contributed by atoms with van der Waals surface area (Å²) < 4.78 is 10.5. The van der Waals surface area contributed by atoms with Crippen molar-refractivity contribution in [3.8, 4) is 11.6 Å². The number of benzene rings is 1. The predicted molar refractivity (Wildman–Crippen MR) is 83.7 cm³/mol. The van der Waals surface area contributed by atoms with E-state index >= 15 is 0 Å². The van der Waals surface area contributed by atoms with E-state index in [2.05, 4.69) is 4.98 Å². The first-order valence-corrected chi connectivity index (χ1v) is 7.26. The highest BCUT2D eigenvalue weighted by Gasteiger charge is 2.17. The number of nitrogens with zero attached hydrogens (tertiary/aromatic N) is 2. The van der Waals surface area contributed by atoms with Crippen LogP contribution in [-0.4, -0.2) is 25.2 Å². The Morgan fingerprint density at radius 1 is 1.18 bits per heavy atom. The molecular weight excluding hydrogens is 280 g/mol. The van der Waals surface area contributed by atoms with Crippen molar-refractivity contribution < 1.29 is 14.3 Å². The second kappa shape index (κ2) is 6.05. The summed E-state index contributed by atoms with van der Waals surface area (Å²) in [6.07, 6.45) is 2.85. The number of anilines is 1. The average Bonchev–Trinajstić information content (AvgIpc) is 3.01. The Kier molecular flexibility index (Phi) is 3.96. The monoisotopic (exact) mass is 298 g/mol. The van der Waals surface area contributed by atoms with E-state index < -0.39 is 6.09 Å². The lowest BCUT2D eigenvalue weighted by molar-refractivity contribution is 0.209. The zero-order chi connectivity index (χ0) is 15.5. The average molecular weight is 298 g/mol. The van der Waals surface area contributed by atoms with Gasteiger partial charge in [0.2, 0.25) is 5.88 Å². The molecule has 3 rings (SSSR count). The molecule has 1 heterocycles. The van der Waals surface area contributed by atoms with Crippen LogP contribution in [0.3, 0.4) is 0 Å². The molecule has 1 aliphatic carbocycles. The molecule has 1 aromatic heterocycles. The SMILES string of the molecule is COc1cccc(N(C)C(=O)Oc2ccc3c(c2)CCC3)n1. The maximum Gasteiger partial charge on any atom is 0.420 e. The van der Waals surface area contributed by atoms with Gasteiger partial charge in [-0.3, -0.25) is 4.90 Å². The molecule has 0 unspecified atom stereocenters. The molecule has 0 fully saturated rings. The van der Waals surface area contributed by atoms with Crippen LogP contribution in [0.25, 0.3) is 0 Å². The molecule has 1 aliphatic rings. The second-order valence-corrected chi connectivity index (χ2v) is 5.25. The van der Waals surface area contributed by atoms with Crippen molar-refractivity contribution in [3.63, 3.8) is 0 Å². The largest absolute Gasteiger partial charge is 0.481 e. The molecule has 1 amide bonds. The Morgan fingerprint density at radius 2 is 2.00 bits per heavy atom. The molecule has 0 aliphatic heterocycles. The molecule has 1 aromatic carbocycles. The number of amides is 1. The van der Waals surface area contributed by atoms with Crippen LogP contribution in [0, 0.1) is 0 Å². The van der Waals surface area contributed by atoms with Gasteiger partial charge in [0.1, 0.15) is 11.6 Å². The number of pyridine rings is 1. The summed E-state index contributed by atoms with van der Waals surface area (Å²) in [5.74, 6) is 1.50. The number of aromatic nitrogens is 1. The fraction of sp³-hybridized carbons (Fsp3) is 0.294. The van der Waals surface area contributed by atoms with Crippen molar-refractivity contribution >= 4 is 11.9 Å². The molecule has 0 atom stereocenters. The highest BCUT2D eigenvalue weighted by Crippen LogP contribution is 2.26. The van der Waals surface area contributed by atoms with E-state index in [-0.39, 0.29) is 0 Å². The minimum atomic E-state index is -0.473.